The zero-order chi connectivity index (χ0) is 63.8. The van der Waals surface area contributed by atoms with Gasteiger partial charge in [0.2, 0.25) is 17.7 Å². The Morgan fingerprint density at radius 1 is 0.372 bits per heavy atom. The number of carboxylic acid groups (broad SMARTS) is 3. The number of aliphatic hydroxyl groups excluding tert-OH is 13. The first kappa shape index (κ1) is 70.9. The highest BCUT2D eigenvalue weighted by atomic mass is 16.8. The molecule has 6 aliphatic heterocycles. The third-order valence-electron chi connectivity index (χ3n) is 14.9. The fourth-order valence-electron chi connectivity index (χ4n) is 10.6. The van der Waals surface area contributed by atoms with Crippen LogP contribution in [0.3, 0.4) is 0 Å². The SMILES string of the molecule is CC(=O)N[C@H]1[C@H](O[C@H]2[C@H](O)[C@@H](O)[C@H](O[C@H]3[C@H](O)[C@@H](CO)O[C@@H](O[C@H]4[C@H](O)[C@@H](O)[C@H](O[C@H]5[C@H](O)[C@@H](CO)O[C@@H](OCCCCCCN)[C@@H]5NC(C)=O)O[C@@H]4C(=O)O)[C@@H]3NC(C)=O)O[C@@H]2C(=O)O)O[C@H](CO)[C@@H](O)[C@@H]1O[C@@H]1O[C@H](C(=O)O)[C@@H](O)[C@H](O)[C@H]1O. The van der Waals surface area contributed by atoms with E-state index in [-0.39, 0.29) is 6.61 Å². The van der Waals surface area contributed by atoms with E-state index in [2.05, 4.69) is 16.0 Å². The highest BCUT2D eigenvalue weighted by Gasteiger charge is 2.60. The smallest absolute Gasteiger partial charge is 0.335 e. The molecule has 38 nitrogen and oxygen atoms in total. The molecule has 6 fully saturated rings. The van der Waals surface area contributed by atoms with Crippen LogP contribution in [-0.2, 0) is 85.6 Å². The van der Waals surface area contributed by atoms with Crippen LogP contribution in [0.2, 0.25) is 0 Å². The number of nitrogens with one attached hydrogen (secondary N) is 3. The molecule has 6 rings (SSSR count). The van der Waals surface area contributed by atoms with Crippen LogP contribution in [0, 0.1) is 0 Å². The van der Waals surface area contributed by atoms with Crippen molar-refractivity contribution in [3.8, 4) is 0 Å². The van der Waals surface area contributed by atoms with Gasteiger partial charge in [-0.05, 0) is 19.4 Å². The van der Waals surface area contributed by atoms with Crippen LogP contribution in [0.15, 0.2) is 0 Å². The van der Waals surface area contributed by atoms with E-state index >= 15 is 0 Å². The van der Waals surface area contributed by atoms with Gasteiger partial charge in [0.25, 0.3) is 0 Å². The fourth-order valence-corrected chi connectivity index (χ4v) is 10.6. The number of nitrogens with two attached hydrogens (primary N) is 1. The lowest BCUT2D eigenvalue weighted by atomic mass is 9.93. The molecule has 0 radical (unpaired) electrons. The van der Waals surface area contributed by atoms with Gasteiger partial charge >= 0.3 is 17.9 Å². The number of carbonyl (C=O) groups excluding carboxylic acids is 3. The third-order valence-corrected chi connectivity index (χ3v) is 14.9. The van der Waals surface area contributed by atoms with Crippen LogP contribution in [0.4, 0.5) is 0 Å². The molecular weight excluding hydrogens is 1180 g/mol. The average Bonchev–Trinajstić information content (AvgIpc) is 1.02. The summed E-state index contributed by atoms with van der Waals surface area (Å²) in [4.78, 5) is 75.7. The summed E-state index contributed by atoms with van der Waals surface area (Å²) in [6.45, 7) is 0.299. The molecule has 0 spiro atoms. The molecule has 86 heavy (non-hydrogen) atoms. The number of carbonyl (C=O) groups is 6. The molecule has 0 aromatic rings. The molecule has 0 aliphatic carbocycles. The van der Waals surface area contributed by atoms with E-state index in [9.17, 15) is 110 Å². The normalized spacial score (nSPS) is 43.8. The number of ether oxygens (including phenoxy) is 12. The number of hydrogen-bond donors (Lipinski definition) is 20. The number of hydrogen-bond acceptors (Lipinski definition) is 32. The van der Waals surface area contributed by atoms with Crippen molar-refractivity contribution in [3.05, 3.63) is 0 Å². The molecule has 38 heteroatoms. The Bertz CT molecular complexity index is 2250. The Balaban J connectivity index is 1.23. The highest BCUT2D eigenvalue weighted by molar-refractivity contribution is 5.75. The van der Waals surface area contributed by atoms with E-state index in [1.54, 1.807) is 0 Å². The number of amides is 3. The molecular formula is C48H78N4O34. The van der Waals surface area contributed by atoms with Crippen LogP contribution in [0.25, 0.3) is 0 Å². The number of carboxylic acids is 3. The van der Waals surface area contributed by atoms with E-state index in [4.69, 9.17) is 62.6 Å². The van der Waals surface area contributed by atoms with Crippen molar-refractivity contribution in [3.63, 3.8) is 0 Å². The summed E-state index contributed by atoms with van der Waals surface area (Å²) in [6.07, 6.45) is -55.5. The first-order valence-electron chi connectivity index (χ1n) is 27.3. The van der Waals surface area contributed by atoms with Gasteiger partial charge in [-0.1, -0.05) is 12.8 Å². The van der Waals surface area contributed by atoms with Crippen molar-refractivity contribution < 1.29 is 167 Å². The highest BCUT2D eigenvalue weighted by Crippen LogP contribution is 2.37. The summed E-state index contributed by atoms with van der Waals surface area (Å²) < 4.78 is 68.5. The first-order valence-corrected chi connectivity index (χ1v) is 27.3. The molecule has 6 heterocycles. The van der Waals surface area contributed by atoms with Gasteiger partial charge < -0.3 is 160 Å². The van der Waals surface area contributed by atoms with E-state index in [1.807, 2.05) is 0 Å². The van der Waals surface area contributed by atoms with Crippen molar-refractivity contribution in [1.82, 2.24) is 16.0 Å². The Kier molecular flexibility index (Phi) is 25.9. The molecule has 0 unspecified atom stereocenters. The zero-order valence-electron chi connectivity index (χ0n) is 46.3. The van der Waals surface area contributed by atoms with Crippen molar-refractivity contribution in [1.29, 1.82) is 0 Å². The van der Waals surface area contributed by atoms with Crippen molar-refractivity contribution in [2.24, 2.45) is 5.73 Å². The minimum Gasteiger partial charge on any atom is -0.479 e. The topological polar surface area (TPSA) is 599 Å². The number of aliphatic hydroxyl groups is 13. The van der Waals surface area contributed by atoms with Gasteiger partial charge in [0, 0.05) is 27.4 Å². The summed E-state index contributed by atoms with van der Waals surface area (Å²) in [5.41, 5.74) is 5.56. The average molecular weight is 1260 g/mol. The molecule has 21 N–H and O–H groups in total. The van der Waals surface area contributed by atoms with Gasteiger partial charge in [-0.3, -0.25) is 14.4 Å². The Labute approximate surface area is 487 Å². The van der Waals surface area contributed by atoms with E-state index in [0.717, 1.165) is 33.6 Å². The first-order chi connectivity index (χ1) is 40.6. The molecule has 0 bridgehead atoms. The van der Waals surface area contributed by atoms with Crippen molar-refractivity contribution in [2.45, 2.75) is 231 Å². The summed E-state index contributed by atoms with van der Waals surface area (Å²) in [7, 11) is 0. The van der Waals surface area contributed by atoms with Gasteiger partial charge in [-0.25, -0.2) is 14.4 Å². The van der Waals surface area contributed by atoms with Crippen LogP contribution in [0.5, 0.6) is 0 Å². The molecule has 0 aromatic heterocycles. The van der Waals surface area contributed by atoms with Gasteiger partial charge in [0.15, 0.2) is 56.1 Å². The quantitative estimate of drug-likeness (QED) is 0.0358. The van der Waals surface area contributed by atoms with E-state index in [1.165, 1.54) is 0 Å². The third kappa shape index (κ3) is 16.4. The van der Waals surface area contributed by atoms with Crippen LogP contribution in [0.1, 0.15) is 46.5 Å². The maximum Gasteiger partial charge on any atom is 0.335 e. The van der Waals surface area contributed by atoms with Crippen LogP contribution in [-0.4, -0.2) is 334 Å². The Morgan fingerprint density at radius 3 is 1.02 bits per heavy atom. The molecule has 6 saturated heterocycles. The standard InChI is InChI=1S/C48H78N4O34/c1-13(56)50-19-32(22(59)16(10-53)76-43(19)75-9-7-5-4-6-8-49)79-47-30(67)27(64)35(38(85-47)41(71)72)83-45-21(52-15(3)58)34(24(61)18(12-55)78-45)81-48-31(68)28(65)36(39(86-48)42(73)74)82-44-20(51-14(2)57)33(23(60)17(11-54)77-44)80-46-29(66)25(62)26(63)37(84-46)40(69)70/h16-39,43-48,53-55,59-68H,4-12,49H2,1-3H3,(H,50,56)(H,51,57)(H,52,58)(H,69,70)(H,71,72)(H,73,74)/t16-,17-,18-,19-,20-,21-,22-,23-,24-,25+,26+,27-,28-,29-,30-,31-,32-,33-,34-,35+,36+,37+,38+,39+,43-,44+,45+,46-,47-,48-/m1/s1. The maximum atomic E-state index is 13.0. The van der Waals surface area contributed by atoms with Gasteiger partial charge in [-0.15, -0.1) is 0 Å². The lowest BCUT2D eigenvalue weighted by Gasteiger charge is -2.50. The summed E-state index contributed by atoms with van der Waals surface area (Å²) in [5.74, 6) is -8.43. The van der Waals surface area contributed by atoms with Crippen LogP contribution < -0.4 is 21.7 Å². The summed E-state index contributed by atoms with van der Waals surface area (Å²) in [6, 6.07) is -5.37. The predicted molar refractivity (Wildman–Crippen MR) is 267 cm³/mol. The van der Waals surface area contributed by atoms with Crippen LogP contribution >= 0.6 is 0 Å². The molecule has 30 atom stereocenters. The van der Waals surface area contributed by atoms with Crippen molar-refractivity contribution in [2.75, 3.05) is 33.0 Å². The van der Waals surface area contributed by atoms with Crippen molar-refractivity contribution >= 4 is 35.6 Å². The molecule has 3 amide bonds. The minimum absolute atomic E-state index is 0.0388. The minimum atomic E-state index is -2.52. The molecule has 0 saturated carbocycles. The van der Waals surface area contributed by atoms with Gasteiger partial charge in [0.1, 0.15) is 128 Å². The summed E-state index contributed by atoms with van der Waals surface area (Å²) in [5, 5.41) is 180. The van der Waals surface area contributed by atoms with Gasteiger partial charge in [0.05, 0.1) is 19.8 Å². The second kappa shape index (κ2) is 31.5. The number of rotatable bonds is 26. The maximum absolute atomic E-state index is 13.0. The fraction of sp³-hybridized carbons (Fsp3) is 0.875. The molecule has 0 aromatic carbocycles. The molecule has 6 aliphatic rings. The molecule has 494 valence electrons. The summed E-state index contributed by atoms with van der Waals surface area (Å²) >= 11 is 0. The largest absolute Gasteiger partial charge is 0.479 e. The monoisotopic (exact) mass is 1250 g/mol. The Morgan fingerprint density at radius 2 is 0.686 bits per heavy atom. The van der Waals surface area contributed by atoms with E-state index in [0.29, 0.717) is 19.4 Å². The lowest BCUT2D eigenvalue weighted by molar-refractivity contribution is -0.377. The number of unbranched alkanes of at least 4 members (excludes halogenated alkanes) is 3. The van der Waals surface area contributed by atoms with E-state index < -0.39 is 239 Å². The zero-order valence-corrected chi connectivity index (χ0v) is 46.3. The Hall–Kier alpha value is -4.22. The second-order valence-electron chi connectivity index (χ2n) is 21.1. The predicted octanol–water partition coefficient (Wildman–Crippen LogP) is -11.8. The number of aliphatic carboxylic acids is 3. The lowest BCUT2D eigenvalue weighted by Crippen LogP contribution is -2.71. The second-order valence-corrected chi connectivity index (χ2v) is 21.1. The van der Waals surface area contributed by atoms with Gasteiger partial charge in [-0.2, -0.15) is 0 Å².